The van der Waals surface area contributed by atoms with E-state index in [2.05, 4.69) is 74.5 Å². The minimum Gasteiger partial charge on any atom is -0.448 e. The van der Waals surface area contributed by atoms with E-state index in [1.807, 2.05) is 17.0 Å². The lowest BCUT2D eigenvalue weighted by atomic mass is 9.84. The summed E-state index contributed by atoms with van der Waals surface area (Å²) in [5.41, 5.74) is 6.95. The molecule has 4 heteroatoms. The Morgan fingerprint density at radius 3 is 1.94 bits per heavy atom. The Kier molecular flexibility index (Phi) is 5.91. The smallest absolute Gasteiger partial charge is 0.410 e. The number of carbonyl (C=O) groups excluding carboxylic acids is 2. The second kappa shape index (κ2) is 9.24. The van der Waals surface area contributed by atoms with Gasteiger partial charge < -0.3 is 9.64 Å². The van der Waals surface area contributed by atoms with Crippen molar-refractivity contribution in [3.63, 3.8) is 0 Å². The topological polar surface area (TPSA) is 46.6 Å². The molecule has 3 aromatic rings. The van der Waals surface area contributed by atoms with Gasteiger partial charge in [0.1, 0.15) is 6.61 Å². The number of benzene rings is 3. The van der Waals surface area contributed by atoms with Gasteiger partial charge in [0.25, 0.3) is 0 Å². The molecule has 3 aliphatic rings. The number of carbonyl (C=O) groups is 2. The van der Waals surface area contributed by atoms with Crippen molar-refractivity contribution in [2.24, 2.45) is 5.92 Å². The molecule has 36 heavy (non-hydrogen) atoms. The molecule has 184 valence electrons. The zero-order valence-corrected chi connectivity index (χ0v) is 21.0. The number of amides is 1. The van der Waals surface area contributed by atoms with Crippen LogP contribution in [0.4, 0.5) is 4.79 Å². The van der Waals surface area contributed by atoms with Crippen molar-refractivity contribution in [1.82, 2.24) is 4.90 Å². The maximum atomic E-state index is 13.3. The Labute approximate surface area is 213 Å². The van der Waals surface area contributed by atoms with Gasteiger partial charge in [-0.1, -0.05) is 86.6 Å². The monoisotopic (exact) mass is 479 g/mol. The van der Waals surface area contributed by atoms with Crippen LogP contribution in [0, 0.1) is 5.92 Å². The Hall–Kier alpha value is -3.40. The van der Waals surface area contributed by atoms with E-state index in [-0.39, 0.29) is 35.8 Å². The quantitative estimate of drug-likeness (QED) is 0.364. The van der Waals surface area contributed by atoms with E-state index < -0.39 is 0 Å². The third kappa shape index (κ3) is 3.93. The van der Waals surface area contributed by atoms with Crippen LogP contribution in [0.5, 0.6) is 0 Å². The lowest BCUT2D eigenvalue weighted by Gasteiger charge is -2.37. The van der Waals surface area contributed by atoms with Crippen molar-refractivity contribution in [3.05, 3.63) is 95.1 Å². The Morgan fingerprint density at radius 1 is 0.833 bits per heavy atom. The van der Waals surface area contributed by atoms with E-state index in [0.717, 1.165) is 31.2 Å². The molecule has 2 aliphatic heterocycles. The minimum absolute atomic E-state index is 0.0231. The summed E-state index contributed by atoms with van der Waals surface area (Å²) in [6.07, 6.45) is 3.13. The molecule has 2 bridgehead atoms. The van der Waals surface area contributed by atoms with Crippen molar-refractivity contribution in [2.75, 3.05) is 6.61 Å². The fourth-order valence-electron chi connectivity index (χ4n) is 6.63. The molecule has 4 nitrogen and oxygen atoms in total. The third-order valence-electron chi connectivity index (χ3n) is 8.51. The highest BCUT2D eigenvalue weighted by molar-refractivity contribution is 5.98. The maximum absolute atomic E-state index is 13.3. The van der Waals surface area contributed by atoms with Crippen LogP contribution in [-0.2, 0) is 4.74 Å². The summed E-state index contributed by atoms with van der Waals surface area (Å²) < 4.78 is 5.98. The number of rotatable bonds is 5. The molecular formula is C32H33NO3. The Morgan fingerprint density at radius 2 is 1.39 bits per heavy atom. The van der Waals surface area contributed by atoms with Crippen LogP contribution in [0.15, 0.2) is 72.8 Å². The molecule has 0 aromatic heterocycles. The third-order valence-corrected chi connectivity index (χ3v) is 8.51. The summed E-state index contributed by atoms with van der Waals surface area (Å²) >= 11 is 0. The molecule has 2 atom stereocenters. The van der Waals surface area contributed by atoms with Crippen LogP contribution in [0.25, 0.3) is 11.1 Å². The summed E-state index contributed by atoms with van der Waals surface area (Å²) in [7, 11) is 0. The first-order valence-electron chi connectivity index (χ1n) is 13.3. The van der Waals surface area contributed by atoms with E-state index in [9.17, 15) is 9.59 Å². The molecule has 0 saturated carbocycles. The molecule has 2 unspecified atom stereocenters. The van der Waals surface area contributed by atoms with Crippen molar-refractivity contribution >= 4 is 11.9 Å². The second-order valence-corrected chi connectivity index (χ2v) is 10.9. The summed E-state index contributed by atoms with van der Waals surface area (Å²) in [6.45, 7) is 4.66. The van der Waals surface area contributed by atoms with Crippen molar-refractivity contribution < 1.29 is 14.3 Å². The van der Waals surface area contributed by atoms with E-state index in [1.54, 1.807) is 0 Å². The van der Waals surface area contributed by atoms with Gasteiger partial charge in [0.2, 0.25) is 0 Å². The first kappa shape index (κ1) is 23.0. The molecule has 2 saturated heterocycles. The normalized spacial score (nSPS) is 22.4. The number of hydrogen-bond donors (Lipinski definition) is 0. The van der Waals surface area contributed by atoms with Gasteiger partial charge in [0.05, 0.1) is 0 Å². The van der Waals surface area contributed by atoms with E-state index in [1.165, 1.54) is 27.8 Å². The van der Waals surface area contributed by atoms with Crippen LogP contribution >= 0.6 is 0 Å². The molecule has 2 heterocycles. The number of hydrogen-bond acceptors (Lipinski definition) is 3. The van der Waals surface area contributed by atoms with E-state index in [4.69, 9.17) is 4.74 Å². The van der Waals surface area contributed by atoms with Crippen LogP contribution in [0.1, 0.15) is 78.4 Å². The summed E-state index contributed by atoms with van der Waals surface area (Å²) in [6, 6.07) is 25.1. The van der Waals surface area contributed by atoms with Crippen molar-refractivity contribution in [2.45, 2.75) is 63.5 Å². The first-order valence-corrected chi connectivity index (χ1v) is 13.3. The highest BCUT2D eigenvalue weighted by Gasteiger charge is 2.46. The fraction of sp³-hybridized carbons (Fsp3) is 0.375. The van der Waals surface area contributed by atoms with Crippen molar-refractivity contribution in [3.8, 4) is 11.1 Å². The number of fused-ring (bicyclic) bond motifs is 5. The zero-order chi connectivity index (χ0) is 24.8. The molecule has 1 aliphatic carbocycles. The number of piperidine rings is 1. The molecular weight excluding hydrogens is 446 g/mol. The van der Waals surface area contributed by atoms with Crippen LogP contribution in [0.2, 0.25) is 0 Å². The summed E-state index contributed by atoms with van der Waals surface area (Å²) in [4.78, 5) is 28.5. The molecule has 1 amide bonds. The minimum atomic E-state index is -0.225. The number of Topliss-reactive ketones (excluding diaryl/α,β-unsaturated/α-hetero) is 1. The van der Waals surface area contributed by atoms with E-state index >= 15 is 0 Å². The lowest BCUT2D eigenvalue weighted by molar-refractivity contribution is 0.0506. The van der Waals surface area contributed by atoms with Gasteiger partial charge in [-0.05, 0) is 59.4 Å². The highest BCUT2D eigenvalue weighted by Crippen LogP contribution is 2.45. The Balaban J connectivity index is 1.12. The fourth-order valence-corrected chi connectivity index (χ4v) is 6.63. The van der Waals surface area contributed by atoms with Gasteiger partial charge in [-0.3, -0.25) is 4.79 Å². The lowest BCUT2D eigenvalue weighted by Crippen LogP contribution is -2.48. The first-order chi connectivity index (χ1) is 17.5. The number of ether oxygens (including phenoxy) is 1. The Bertz CT molecular complexity index is 1240. The molecule has 0 radical (unpaired) electrons. The SMILES string of the molecule is CC(C)c1ccc(C(=O)C2CC3CCC(C2)N3C(=O)OCC2c3ccccc3-c3ccccc32)cc1. The predicted molar refractivity (Wildman–Crippen MR) is 141 cm³/mol. The van der Waals surface area contributed by atoms with Gasteiger partial charge in [0.15, 0.2) is 5.78 Å². The largest absolute Gasteiger partial charge is 0.448 e. The van der Waals surface area contributed by atoms with Crippen LogP contribution in [-0.4, -0.2) is 35.5 Å². The summed E-state index contributed by atoms with van der Waals surface area (Å²) in [5, 5.41) is 0. The van der Waals surface area contributed by atoms with Crippen LogP contribution < -0.4 is 0 Å². The van der Waals surface area contributed by atoms with Gasteiger partial charge in [-0.25, -0.2) is 4.79 Å². The average molecular weight is 480 g/mol. The van der Waals surface area contributed by atoms with E-state index in [0.29, 0.717) is 12.5 Å². The average Bonchev–Trinajstić information content (AvgIpc) is 3.37. The van der Waals surface area contributed by atoms with Crippen molar-refractivity contribution in [1.29, 1.82) is 0 Å². The molecule has 6 rings (SSSR count). The van der Waals surface area contributed by atoms with Crippen LogP contribution in [0.3, 0.4) is 0 Å². The molecule has 0 spiro atoms. The van der Waals surface area contributed by atoms with Gasteiger partial charge in [0, 0.05) is 29.5 Å². The highest BCUT2D eigenvalue weighted by atomic mass is 16.6. The zero-order valence-electron chi connectivity index (χ0n) is 21.0. The number of nitrogens with zero attached hydrogens (tertiary/aromatic N) is 1. The summed E-state index contributed by atoms with van der Waals surface area (Å²) in [5.74, 6) is 0.705. The van der Waals surface area contributed by atoms with Gasteiger partial charge in [-0.15, -0.1) is 0 Å². The standard InChI is InChI=1S/C32H33NO3/c1-20(2)21-11-13-22(14-12-21)31(34)23-17-24-15-16-25(18-23)33(24)32(35)36-19-30-28-9-5-3-7-26(28)27-8-4-6-10-29(27)30/h3-14,20,23-25,30H,15-19H2,1-2H3. The molecule has 0 N–H and O–H groups in total. The predicted octanol–water partition coefficient (Wildman–Crippen LogP) is 7.18. The maximum Gasteiger partial charge on any atom is 0.410 e. The van der Waals surface area contributed by atoms with Gasteiger partial charge in [-0.2, -0.15) is 0 Å². The van der Waals surface area contributed by atoms with Gasteiger partial charge >= 0.3 is 6.09 Å². The molecule has 2 fully saturated rings. The second-order valence-electron chi connectivity index (χ2n) is 10.9. The number of ketones is 1. The molecule has 3 aromatic carbocycles.